The van der Waals surface area contributed by atoms with Crippen molar-refractivity contribution >= 4 is 11.9 Å². The van der Waals surface area contributed by atoms with E-state index >= 15 is 0 Å². The molecule has 1 aromatic carbocycles. The summed E-state index contributed by atoms with van der Waals surface area (Å²) < 4.78 is 19.1. The lowest BCUT2D eigenvalue weighted by atomic mass is 10.2. The van der Waals surface area contributed by atoms with Crippen molar-refractivity contribution in [1.82, 2.24) is 20.9 Å². The molecule has 0 spiro atoms. The maximum atomic E-state index is 13.4. The molecule has 0 aliphatic heterocycles. The second-order valence-corrected chi connectivity index (χ2v) is 6.71. The molecular formula is C21H26FN5O2. The highest BCUT2D eigenvalue weighted by Gasteiger charge is 2.28. The first kappa shape index (κ1) is 20.6. The monoisotopic (exact) mass is 399 g/mol. The smallest absolute Gasteiger partial charge is 0.224 e. The maximum Gasteiger partial charge on any atom is 0.224 e. The molecule has 1 aliphatic carbocycles. The minimum Gasteiger partial charge on any atom is -0.439 e. The second kappa shape index (κ2) is 10.4. The molecule has 7 nitrogen and oxygen atoms in total. The van der Waals surface area contributed by atoms with Gasteiger partial charge in [0.25, 0.3) is 0 Å². The lowest BCUT2D eigenvalue weighted by Crippen LogP contribution is -2.41. The van der Waals surface area contributed by atoms with Gasteiger partial charge in [-0.15, -0.1) is 0 Å². The lowest BCUT2D eigenvalue weighted by Gasteiger charge is -2.13. The van der Waals surface area contributed by atoms with E-state index in [0.29, 0.717) is 43.8 Å². The summed E-state index contributed by atoms with van der Waals surface area (Å²) in [6, 6.07) is 9.59. The van der Waals surface area contributed by atoms with Crippen molar-refractivity contribution in [2.75, 3.05) is 19.6 Å². The Balaban J connectivity index is 1.57. The van der Waals surface area contributed by atoms with E-state index in [1.807, 2.05) is 13.0 Å². The zero-order valence-corrected chi connectivity index (χ0v) is 16.5. The molecule has 0 radical (unpaired) electrons. The van der Waals surface area contributed by atoms with Gasteiger partial charge in [0.15, 0.2) is 5.96 Å². The first-order valence-electron chi connectivity index (χ1n) is 9.83. The summed E-state index contributed by atoms with van der Waals surface area (Å²) in [7, 11) is 0. The van der Waals surface area contributed by atoms with Crippen LogP contribution in [0.2, 0.25) is 0 Å². The van der Waals surface area contributed by atoms with E-state index in [9.17, 15) is 9.18 Å². The molecule has 1 saturated carbocycles. The van der Waals surface area contributed by atoms with E-state index < -0.39 is 0 Å². The van der Waals surface area contributed by atoms with Gasteiger partial charge in [-0.1, -0.05) is 12.1 Å². The van der Waals surface area contributed by atoms with Gasteiger partial charge in [-0.25, -0.2) is 14.4 Å². The Hall–Kier alpha value is -3.16. The Morgan fingerprint density at radius 2 is 2.03 bits per heavy atom. The summed E-state index contributed by atoms with van der Waals surface area (Å²) in [4.78, 5) is 20.5. The summed E-state index contributed by atoms with van der Waals surface area (Å²) >= 11 is 0. The van der Waals surface area contributed by atoms with E-state index in [4.69, 9.17) is 4.74 Å². The Morgan fingerprint density at radius 1 is 1.21 bits per heavy atom. The predicted molar refractivity (Wildman–Crippen MR) is 109 cm³/mol. The number of aliphatic imine (C=N–C) groups is 1. The number of ether oxygens (including phenoxy) is 1. The number of nitrogens with one attached hydrogen (secondary N) is 3. The first-order chi connectivity index (χ1) is 14.2. The van der Waals surface area contributed by atoms with Crippen molar-refractivity contribution in [3.63, 3.8) is 0 Å². The Labute approximate surface area is 169 Å². The third-order valence-electron chi connectivity index (χ3n) is 4.28. The van der Waals surface area contributed by atoms with Crippen molar-refractivity contribution in [2.24, 2.45) is 10.9 Å². The van der Waals surface area contributed by atoms with Crippen LogP contribution in [0.25, 0.3) is 0 Å². The van der Waals surface area contributed by atoms with Gasteiger partial charge in [0.05, 0.1) is 6.54 Å². The highest BCUT2D eigenvalue weighted by atomic mass is 19.1. The standard InChI is InChI=1S/C21H26FN5O2/c1-2-23-21(26-12-11-24-19(28)15-8-9-15)27-14-16-5-4-10-25-20(16)29-18-7-3-6-17(22)13-18/h3-7,10,13,15H,2,8-9,11-12,14H2,1H3,(H,24,28)(H2,23,26,27). The Morgan fingerprint density at radius 3 is 2.79 bits per heavy atom. The fourth-order valence-electron chi connectivity index (χ4n) is 2.64. The molecule has 3 N–H and O–H groups in total. The number of nitrogens with zero attached hydrogens (tertiary/aromatic N) is 2. The van der Waals surface area contributed by atoms with Gasteiger partial charge in [0, 0.05) is 43.4 Å². The molecule has 1 fully saturated rings. The maximum absolute atomic E-state index is 13.4. The highest BCUT2D eigenvalue weighted by molar-refractivity contribution is 5.81. The van der Waals surface area contributed by atoms with Crippen LogP contribution in [0, 0.1) is 11.7 Å². The van der Waals surface area contributed by atoms with Crippen molar-refractivity contribution in [2.45, 2.75) is 26.3 Å². The van der Waals surface area contributed by atoms with Crippen LogP contribution in [0.15, 0.2) is 47.6 Å². The van der Waals surface area contributed by atoms with Crippen LogP contribution in [0.5, 0.6) is 11.6 Å². The molecule has 1 aliphatic rings. The number of rotatable bonds is 9. The summed E-state index contributed by atoms with van der Waals surface area (Å²) in [6.45, 7) is 4.14. The summed E-state index contributed by atoms with van der Waals surface area (Å²) in [5, 5.41) is 9.28. The normalized spacial score (nSPS) is 13.7. The van der Waals surface area contributed by atoms with E-state index in [0.717, 1.165) is 18.4 Å². The van der Waals surface area contributed by atoms with Crippen molar-refractivity contribution in [3.05, 3.63) is 54.0 Å². The van der Waals surface area contributed by atoms with E-state index in [-0.39, 0.29) is 17.6 Å². The molecule has 8 heteroatoms. The van der Waals surface area contributed by atoms with Crippen molar-refractivity contribution in [3.8, 4) is 11.6 Å². The summed E-state index contributed by atoms with van der Waals surface area (Å²) in [5.41, 5.74) is 0.774. The molecule has 29 heavy (non-hydrogen) atoms. The molecule has 1 heterocycles. The summed E-state index contributed by atoms with van der Waals surface area (Å²) in [5.74, 6) is 1.36. The van der Waals surface area contributed by atoms with Crippen LogP contribution >= 0.6 is 0 Å². The number of aromatic nitrogens is 1. The Kier molecular flexibility index (Phi) is 7.38. The number of amides is 1. The number of pyridine rings is 1. The molecular weight excluding hydrogens is 373 g/mol. The fraction of sp³-hybridized carbons (Fsp3) is 0.381. The zero-order valence-electron chi connectivity index (χ0n) is 16.5. The Bertz CT molecular complexity index is 854. The van der Waals surface area contributed by atoms with Gasteiger partial charge < -0.3 is 20.7 Å². The minimum absolute atomic E-state index is 0.128. The molecule has 0 saturated heterocycles. The molecule has 2 aromatic rings. The molecule has 0 unspecified atom stereocenters. The van der Waals surface area contributed by atoms with Crippen LogP contribution in [0.4, 0.5) is 4.39 Å². The van der Waals surface area contributed by atoms with Crippen LogP contribution in [0.3, 0.4) is 0 Å². The lowest BCUT2D eigenvalue weighted by molar-refractivity contribution is -0.122. The number of guanidine groups is 1. The largest absolute Gasteiger partial charge is 0.439 e. The van der Waals surface area contributed by atoms with Gasteiger partial charge in [-0.3, -0.25) is 4.79 Å². The van der Waals surface area contributed by atoms with E-state index in [1.54, 1.807) is 24.4 Å². The molecule has 1 aromatic heterocycles. The number of hydrogen-bond acceptors (Lipinski definition) is 4. The van der Waals surface area contributed by atoms with Gasteiger partial charge in [0.1, 0.15) is 11.6 Å². The van der Waals surface area contributed by atoms with Crippen molar-refractivity contribution < 1.29 is 13.9 Å². The average molecular weight is 399 g/mol. The van der Waals surface area contributed by atoms with E-state index in [1.165, 1.54) is 12.1 Å². The average Bonchev–Trinajstić information content (AvgIpc) is 3.55. The highest BCUT2D eigenvalue weighted by Crippen LogP contribution is 2.28. The number of hydrogen-bond donors (Lipinski definition) is 3. The van der Waals surface area contributed by atoms with Crippen LogP contribution < -0.4 is 20.7 Å². The third-order valence-corrected chi connectivity index (χ3v) is 4.28. The van der Waals surface area contributed by atoms with Crippen LogP contribution in [-0.2, 0) is 11.3 Å². The van der Waals surface area contributed by atoms with E-state index in [2.05, 4.69) is 25.9 Å². The molecule has 154 valence electrons. The minimum atomic E-state index is -0.370. The van der Waals surface area contributed by atoms with Crippen LogP contribution in [-0.4, -0.2) is 36.5 Å². The fourth-order valence-corrected chi connectivity index (χ4v) is 2.64. The van der Waals surface area contributed by atoms with Crippen molar-refractivity contribution in [1.29, 1.82) is 0 Å². The van der Waals surface area contributed by atoms with Gasteiger partial charge in [-0.2, -0.15) is 0 Å². The van der Waals surface area contributed by atoms with Gasteiger partial charge >= 0.3 is 0 Å². The number of carbonyl (C=O) groups is 1. The second-order valence-electron chi connectivity index (χ2n) is 6.71. The predicted octanol–water partition coefficient (Wildman–Crippen LogP) is 2.59. The molecule has 0 bridgehead atoms. The van der Waals surface area contributed by atoms with Gasteiger partial charge in [0.2, 0.25) is 11.8 Å². The SMILES string of the molecule is CCNC(=NCc1cccnc1Oc1cccc(F)c1)NCCNC(=O)C1CC1. The zero-order chi connectivity index (χ0) is 20.5. The first-order valence-corrected chi connectivity index (χ1v) is 9.83. The van der Waals surface area contributed by atoms with Crippen LogP contribution in [0.1, 0.15) is 25.3 Å². The molecule has 1 amide bonds. The molecule has 3 rings (SSSR count). The number of carbonyl (C=O) groups excluding carboxylic acids is 1. The number of halogens is 1. The third kappa shape index (κ3) is 6.74. The molecule has 0 atom stereocenters. The van der Waals surface area contributed by atoms with Gasteiger partial charge in [-0.05, 0) is 38.0 Å². The topological polar surface area (TPSA) is 87.6 Å². The number of benzene rings is 1. The summed E-state index contributed by atoms with van der Waals surface area (Å²) in [6.07, 6.45) is 3.61. The quantitative estimate of drug-likeness (QED) is 0.343.